The molecule has 0 aliphatic rings. The van der Waals surface area contributed by atoms with Gasteiger partial charge in [0.2, 0.25) is 0 Å². The van der Waals surface area contributed by atoms with Crippen molar-refractivity contribution >= 4 is 53.3 Å². The monoisotopic (exact) mass is 441 g/mol. The molecule has 0 rings (SSSR count). The van der Waals surface area contributed by atoms with Crippen LogP contribution >= 0.6 is 0 Å². The Kier molecular flexibility index (Phi) is 9.98. The van der Waals surface area contributed by atoms with E-state index < -0.39 is 43.3 Å². The van der Waals surface area contributed by atoms with Gasteiger partial charge < -0.3 is 25.0 Å². The van der Waals surface area contributed by atoms with E-state index in [9.17, 15) is 0 Å². The summed E-state index contributed by atoms with van der Waals surface area (Å²) in [6.45, 7) is 22.3. The zero-order valence-corrected chi connectivity index (χ0v) is 22.7. The minimum atomic E-state index is -2.52. The van der Waals surface area contributed by atoms with E-state index in [2.05, 4.69) is 32.8 Å². The van der Waals surface area contributed by atoms with Crippen LogP contribution in [0.4, 0.5) is 0 Å². The summed E-state index contributed by atoms with van der Waals surface area (Å²) >= 11 is 0. The van der Waals surface area contributed by atoms with Gasteiger partial charge in [0.1, 0.15) is 0 Å². The van der Waals surface area contributed by atoms with Gasteiger partial charge in [0.05, 0.1) is 0 Å². The molecule has 0 amide bonds. The predicted molar refractivity (Wildman–Crippen MR) is 110 cm³/mol. The minimum Gasteiger partial charge on any atom is -0.437 e. The molecule has 1 atom stereocenters. The van der Waals surface area contributed by atoms with Crippen LogP contribution in [0.15, 0.2) is 12.3 Å². The van der Waals surface area contributed by atoms with E-state index in [1.165, 1.54) is 0 Å². The van der Waals surface area contributed by atoms with Crippen LogP contribution in [-0.2, 0) is 25.0 Å². The Hall–Kier alpha value is 0.801. The van der Waals surface area contributed by atoms with Crippen LogP contribution in [0, 0.1) is 0 Å². The van der Waals surface area contributed by atoms with Crippen LogP contribution in [0.3, 0.4) is 0 Å². The van der Waals surface area contributed by atoms with Gasteiger partial charge >= 0.3 is 44.3 Å². The lowest BCUT2D eigenvalue weighted by atomic mass is 11.3. The van der Waals surface area contributed by atoms with Crippen LogP contribution in [-0.4, -0.2) is 60.4 Å². The third kappa shape index (κ3) is 10.7. The van der Waals surface area contributed by atoms with Gasteiger partial charge in [-0.15, -0.1) is 6.58 Å². The summed E-state index contributed by atoms with van der Waals surface area (Å²) in [5, 5.41) is 0. The Morgan fingerprint density at radius 2 is 1.29 bits per heavy atom. The molecule has 141 valence electrons. The highest BCUT2D eigenvalue weighted by molar-refractivity contribution is 6.89. The van der Waals surface area contributed by atoms with Crippen molar-refractivity contribution < 1.29 is 25.0 Å². The summed E-state index contributed by atoms with van der Waals surface area (Å²) in [5.74, 6) is 0. The number of hydrogen-bond donors (Lipinski definition) is 0. The summed E-state index contributed by atoms with van der Waals surface area (Å²) in [6, 6.07) is 0. The molecule has 1 unspecified atom stereocenters. The lowest BCUT2D eigenvalue weighted by Crippen LogP contribution is -2.58. The molecule has 6 nitrogen and oxygen atoms in total. The smallest absolute Gasteiger partial charge is 0.423 e. The second-order valence-corrected chi connectivity index (χ2v) is 24.4. The normalized spacial score (nSPS) is 16.3. The van der Waals surface area contributed by atoms with Crippen molar-refractivity contribution in [1.29, 1.82) is 0 Å². The van der Waals surface area contributed by atoms with Crippen LogP contribution in [0.1, 0.15) is 0 Å². The number of hydrogen-bond acceptors (Lipinski definition) is 6. The zero-order chi connectivity index (χ0) is 19.2. The average molecular weight is 442 g/mol. The van der Waals surface area contributed by atoms with Gasteiger partial charge in [-0.25, -0.2) is 0 Å². The first-order valence-corrected chi connectivity index (χ1v) is 21.9. The first kappa shape index (κ1) is 24.8. The van der Waals surface area contributed by atoms with Crippen molar-refractivity contribution in [3.8, 4) is 0 Å². The van der Waals surface area contributed by atoms with E-state index in [4.69, 9.17) is 25.0 Å². The summed E-state index contributed by atoms with van der Waals surface area (Å²) in [6.07, 6.45) is 0. The molecule has 0 saturated carbocycles. The molecule has 3 radical (unpaired) electrons. The highest BCUT2D eigenvalue weighted by Crippen LogP contribution is 2.25. The summed E-state index contributed by atoms with van der Waals surface area (Å²) < 4.78 is 35.9. The second-order valence-electron chi connectivity index (χ2n) is 7.13. The lowest BCUT2D eigenvalue weighted by molar-refractivity contribution is 0.276. The van der Waals surface area contributed by atoms with Crippen LogP contribution in [0.5, 0.6) is 0 Å². The van der Waals surface area contributed by atoms with Crippen LogP contribution < -0.4 is 0 Å². The molecular formula is C12H33O6Si6. The standard InChI is InChI=1S/C12H33O6Si6/c1-12-24(11,14-19-13-2)18-23(9,10)17-22(7,8)16-21(5,6)15-20(3)4/h12H,1H2,2-11H3. The highest BCUT2D eigenvalue weighted by atomic mass is 28.5. The van der Waals surface area contributed by atoms with Gasteiger partial charge in [-0.1, -0.05) is 5.70 Å². The highest BCUT2D eigenvalue weighted by Gasteiger charge is 2.45. The maximum absolute atomic E-state index is 6.39. The second kappa shape index (κ2) is 9.65. The van der Waals surface area contributed by atoms with Gasteiger partial charge in [-0.05, 0) is 58.9 Å². The Balaban J connectivity index is 4.95. The third-order valence-electron chi connectivity index (χ3n) is 2.58. The van der Waals surface area contributed by atoms with Gasteiger partial charge in [0.25, 0.3) is 0 Å². The Labute approximate surface area is 156 Å². The molecule has 0 aromatic rings. The van der Waals surface area contributed by atoms with Crippen molar-refractivity contribution in [3.05, 3.63) is 12.3 Å². The maximum Gasteiger partial charge on any atom is 0.423 e. The molecule has 24 heavy (non-hydrogen) atoms. The SMILES string of the molecule is C=C[Si](C)(O[Si]OC)O[Si](C)(C)O[Si](C)(C)O[Si](C)(C)O[Si](C)C. The summed E-state index contributed by atoms with van der Waals surface area (Å²) in [7, 11) is -8.84. The molecule has 0 saturated heterocycles. The van der Waals surface area contributed by atoms with E-state index >= 15 is 0 Å². The minimum absolute atomic E-state index is 0.0623. The molecule has 0 fully saturated rings. The molecule has 0 aromatic carbocycles. The molecular weight excluding hydrogens is 409 g/mol. The molecule has 0 heterocycles. The van der Waals surface area contributed by atoms with Gasteiger partial charge in [-0.3, -0.25) is 0 Å². The average Bonchev–Trinajstić information content (AvgIpc) is 2.30. The van der Waals surface area contributed by atoms with Gasteiger partial charge in [0.15, 0.2) is 9.04 Å². The molecule has 0 aromatic heterocycles. The molecule has 0 aliphatic heterocycles. The van der Waals surface area contributed by atoms with E-state index in [1.807, 2.05) is 32.7 Å². The van der Waals surface area contributed by atoms with E-state index in [0.29, 0.717) is 0 Å². The lowest BCUT2D eigenvalue weighted by Gasteiger charge is -2.40. The quantitative estimate of drug-likeness (QED) is 0.433. The summed E-state index contributed by atoms with van der Waals surface area (Å²) in [5.41, 5.74) is 1.76. The first-order chi connectivity index (χ1) is 10.7. The van der Waals surface area contributed by atoms with Gasteiger partial charge in [-0.2, -0.15) is 0 Å². The molecule has 0 N–H and O–H groups in total. The fourth-order valence-corrected chi connectivity index (χ4v) is 23.6. The predicted octanol–water partition coefficient (Wildman–Crippen LogP) is 3.40. The largest absolute Gasteiger partial charge is 0.437 e. The van der Waals surface area contributed by atoms with Crippen LogP contribution in [0.2, 0.25) is 58.9 Å². The van der Waals surface area contributed by atoms with Crippen molar-refractivity contribution in [3.63, 3.8) is 0 Å². The maximum atomic E-state index is 6.39. The summed E-state index contributed by atoms with van der Waals surface area (Å²) in [4.78, 5) is 0. The Morgan fingerprint density at radius 3 is 1.71 bits per heavy atom. The molecule has 0 aliphatic carbocycles. The van der Waals surface area contributed by atoms with Crippen molar-refractivity contribution in [1.82, 2.24) is 0 Å². The zero-order valence-electron chi connectivity index (χ0n) is 16.7. The topological polar surface area (TPSA) is 55.4 Å². The van der Waals surface area contributed by atoms with Gasteiger partial charge in [0, 0.05) is 7.11 Å². The number of rotatable bonds is 12. The first-order valence-electron chi connectivity index (χ1n) is 7.85. The van der Waals surface area contributed by atoms with Crippen LogP contribution in [0.25, 0.3) is 0 Å². The molecule has 0 spiro atoms. The molecule has 0 bridgehead atoms. The third-order valence-corrected chi connectivity index (χ3v) is 20.5. The van der Waals surface area contributed by atoms with Crippen molar-refractivity contribution in [2.24, 2.45) is 0 Å². The fourth-order valence-electron chi connectivity index (χ4n) is 2.45. The van der Waals surface area contributed by atoms with Crippen molar-refractivity contribution in [2.45, 2.75) is 58.9 Å². The van der Waals surface area contributed by atoms with Crippen molar-refractivity contribution in [2.75, 3.05) is 7.11 Å². The van der Waals surface area contributed by atoms with E-state index in [-0.39, 0.29) is 10.0 Å². The fraction of sp³-hybridized carbons (Fsp3) is 0.833. The van der Waals surface area contributed by atoms with E-state index in [1.54, 1.807) is 12.8 Å². The Bertz CT molecular complexity index is 405. The molecule has 12 heteroatoms. The van der Waals surface area contributed by atoms with E-state index in [0.717, 1.165) is 0 Å². The Morgan fingerprint density at radius 1 is 0.833 bits per heavy atom.